The van der Waals surface area contributed by atoms with E-state index in [9.17, 15) is 4.79 Å². The zero-order chi connectivity index (χ0) is 9.26. The second-order valence-electron chi connectivity index (χ2n) is 3.24. The predicted octanol–water partition coefficient (Wildman–Crippen LogP) is 1.89. The zero-order valence-electron chi connectivity index (χ0n) is 7.06. The minimum atomic E-state index is -1.03. The normalized spacial score (nSPS) is 17.8. The van der Waals surface area contributed by atoms with Crippen LogP contribution in [0.5, 0.6) is 0 Å². The Kier molecular flexibility index (Phi) is 2.26. The van der Waals surface area contributed by atoms with Crippen molar-refractivity contribution in [3.63, 3.8) is 0 Å². The van der Waals surface area contributed by atoms with Gasteiger partial charge in [-0.25, -0.2) is 9.78 Å². The number of hydrogen-bond acceptors (Lipinski definition) is 4. The van der Waals surface area contributed by atoms with Gasteiger partial charge < -0.3 is 5.11 Å². The quantitative estimate of drug-likeness (QED) is 0.788. The number of aromatic carboxylic acids is 1. The molecule has 1 saturated carbocycles. The van der Waals surface area contributed by atoms with Crippen molar-refractivity contribution in [1.29, 1.82) is 0 Å². The Hall–Kier alpha value is -0.970. The van der Waals surface area contributed by atoms with Crippen LogP contribution >= 0.6 is 11.5 Å². The highest BCUT2D eigenvalue weighted by molar-refractivity contribution is 7.05. The van der Waals surface area contributed by atoms with Crippen LogP contribution in [0, 0.1) is 0 Å². The third-order valence-electron chi connectivity index (χ3n) is 2.34. The Bertz CT molecular complexity index is 318. The first-order chi connectivity index (χ1) is 6.27. The number of carbonyl (C=O) groups is 1. The first kappa shape index (κ1) is 8.62. The molecule has 1 heterocycles. The van der Waals surface area contributed by atoms with Crippen molar-refractivity contribution >= 4 is 17.5 Å². The Morgan fingerprint density at radius 2 is 2.15 bits per heavy atom. The summed E-state index contributed by atoms with van der Waals surface area (Å²) in [6.07, 6.45) is 4.72. The molecule has 0 amide bonds. The molecule has 0 aliphatic heterocycles. The molecule has 2 rings (SSSR count). The van der Waals surface area contributed by atoms with Gasteiger partial charge in [-0.2, -0.15) is 4.37 Å². The topological polar surface area (TPSA) is 63.1 Å². The molecule has 0 aromatic carbocycles. The Labute approximate surface area is 79.8 Å². The van der Waals surface area contributed by atoms with Crippen LogP contribution in [0.4, 0.5) is 0 Å². The number of nitrogens with zero attached hydrogens (tertiary/aromatic N) is 2. The van der Waals surface area contributed by atoms with E-state index in [4.69, 9.17) is 5.11 Å². The van der Waals surface area contributed by atoms with E-state index in [1.54, 1.807) is 0 Å². The Morgan fingerprint density at radius 3 is 2.69 bits per heavy atom. The fraction of sp³-hybridized carbons (Fsp3) is 0.625. The summed E-state index contributed by atoms with van der Waals surface area (Å²) in [5.74, 6) is -0.613. The monoisotopic (exact) mass is 198 g/mol. The molecule has 5 heteroatoms. The minimum Gasteiger partial charge on any atom is -0.475 e. The van der Waals surface area contributed by atoms with Crippen LogP contribution in [0.15, 0.2) is 0 Å². The maximum atomic E-state index is 10.5. The van der Waals surface area contributed by atoms with Crippen LogP contribution in [-0.4, -0.2) is 20.4 Å². The maximum Gasteiger partial charge on any atom is 0.374 e. The van der Waals surface area contributed by atoms with Crippen LogP contribution in [-0.2, 0) is 0 Å². The molecule has 0 radical (unpaired) electrons. The molecule has 1 aromatic heterocycles. The van der Waals surface area contributed by atoms with Crippen LogP contribution in [0.1, 0.15) is 47.2 Å². The number of carboxylic acid groups (broad SMARTS) is 1. The molecule has 13 heavy (non-hydrogen) atoms. The zero-order valence-corrected chi connectivity index (χ0v) is 7.88. The molecule has 0 atom stereocenters. The molecule has 1 aromatic rings. The second kappa shape index (κ2) is 3.41. The fourth-order valence-corrected chi connectivity index (χ4v) is 2.47. The van der Waals surface area contributed by atoms with Gasteiger partial charge in [0.15, 0.2) is 0 Å². The largest absolute Gasteiger partial charge is 0.475 e. The highest BCUT2D eigenvalue weighted by Gasteiger charge is 2.22. The average Bonchev–Trinajstić information content (AvgIpc) is 2.75. The fourth-order valence-electron chi connectivity index (χ4n) is 1.66. The lowest BCUT2D eigenvalue weighted by atomic mass is 10.1. The highest BCUT2D eigenvalue weighted by Crippen LogP contribution is 2.34. The summed E-state index contributed by atoms with van der Waals surface area (Å²) in [5.41, 5.74) is 0. The second-order valence-corrected chi connectivity index (χ2v) is 4.03. The van der Waals surface area contributed by atoms with Crippen molar-refractivity contribution < 1.29 is 9.90 Å². The number of rotatable bonds is 2. The van der Waals surface area contributed by atoms with Gasteiger partial charge in [0.05, 0.1) is 0 Å². The van der Waals surface area contributed by atoms with Crippen molar-refractivity contribution in [2.45, 2.75) is 31.6 Å². The smallest absolute Gasteiger partial charge is 0.374 e. The summed E-state index contributed by atoms with van der Waals surface area (Å²) in [7, 11) is 0. The summed E-state index contributed by atoms with van der Waals surface area (Å²) in [6, 6.07) is 0. The van der Waals surface area contributed by atoms with E-state index in [2.05, 4.69) is 9.36 Å². The third kappa shape index (κ3) is 1.70. The van der Waals surface area contributed by atoms with Gasteiger partial charge >= 0.3 is 5.97 Å². The van der Waals surface area contributed by atoms with E-state index in [-0.39, 0.29) is 5.82 Å². The van der Waals surface area contributed by atoms with E-state index in [0.29, 0.717) is 5.92 Å². The molecular weight excluding hydrogens is 188 g/mol. The van der Waals surface area contributed by atoms with Gasteiger partial charge in [-0.1, -0.05) is 12.8 Å². The first-order valence-electron chi connectivity index (χ1n) is 4.34. The van der Waals surface area contributed by atoms with Gasteiger partial charge in [0, 0.05) is 5.92 Å². The maximum absolute atomic E-state index is 10.5. The molecular formula is C8H10N2O2S. The average molecular weight is 198 g/mol. The van der Waals surface area contributed by atoms with Crippen LogP contribution < -0.4 is 0 Å². The summed E-state index contributed by atoms with van der Waals surface area (Å²) in [6.45, 7) is 0. The van der Waals surface area contributed by atoms with Crippen molar-refractivity contribution in [1.82, 2.24) is 9.36 Å². The first-order valence-corrected chi connectivity index (χ1v) is 5.11. The molecule has 0 unspecified atom stereocenters. The van der Waals surface area contributed by atoms with Crippen molar-refractivity contribution in [3.8, 4) is 0 Å². The van der Waals surface area contributed by atoms with E-state index in [1.807, 2.05) is 0 Å². The van der Waals surface area contributed by atoms with Gasteiger partial charge in [-0.05, 0) is 24.4 Å². The van der Waals surface area contributed by atoms with Gasteiger partial charge in [-0.3, -0.25) is 0 Å². The Balaban J connectivity index is 2.16. The molecule has 1 N–H and O–H groups in total. The van der Waals surface area contributed by atoms with Crippen LogP contribution in [0.3, 0.4) is 0 Å². The molecule has 0 bridgehead atoms. The molecule has 0 saturated heterocycles. The predicted molar refractivity (Wildman–Crippen MR) is 48.1 cm³/mol. The summed E-state index contributed by atoms with van der Waals surface area (Å²) in [4.78, 5) is 14.5. The summed E-state index contributed by atoms with van der Waals surface area (Å²) in [5, 5.41) is 9.52. The molecule has 70 valence electrons. The molecule has 1 aliphatic carbocycles. The Morgan fingerprint density at radius 1 is 1.46 bits per heavy atom. The summed E-state index contributed by atoms with van der Waals surface area (Å²) < 4.78 is 3.79. The van der Waals surface area contributed by atoms with Crippen molar-refractivity contribution in [3.05, 3.63) is 10.8 Å². The van der Waals surface area contributed by atoms with Crippen LogP contribution in [0.25, 0.3) is 0 Å². The number of carboxylic acids is 1. The number of hydrogen-bond donors (Lipinski definition) is 1. The molecule has 1 fully saturated rings. The van der Waals surface area contributed by atoms with Crippen LogP contribution in [0.2, 0.25) is 0 Å². The van der Waals surface area contributed by atoms with E-state index in [1.165, 1.54) is 24.4 Å². The van der Waals surface area contributed by atoms with E-state index >= 15 is 0 Å². The molecule has 4 nitrogen and oxygen atoms in total. The molecule has 0 spiro atoms. The lowest BCUT2D eigenvalue weighted by molar-refractivity contribution is 0.0685. The van der Waals surface area contributed by atoms with Gasteiger partial charge in [0.25, 0.3) is 5.82 Å². The third-order valence-corrected chi connectivity index (χ3v) is 3.21. The SMILES string of the molecule is O=C(O)c1nsc(C2CCCC2)n1. The lowest BCUT2D eigenvalue weighted by Gasteiger charge is -2.00. The van der Waals surface area contributed by atoms with Gasteiger partial charge in [-0.15, -0.1) is 0 Å². The van der Waals surface area contributed by atoms with E-state index < -0.39 is 5.97 Å². The highest BCUT2D eigenvalue weighted by atomic mass is 32.1. The van der Waals surface area contributed by atoms with Crippen molar-refractivity contribution in [2.75, 3.05) is 0 Å². The standard InChI is InChI=1S/C8H10N2O2S/c11-8(12)6-9-7(13-10-6)5-3-1-2-4-5/h5H,1-4H2,(H,11,12). The number of aromatic nitrogens is 2. The van der Waals surface area contributed by atoms with Gasteiger partial charge in [0.1, 0.15) is 5.01 Å². The minimum absolute atomic E-state index is 0.0492. The summed E-state index contributed by atoms with van der Waals surface area (Å²) >= 11 is 1.23. The lowest BCUT2D eigenvalue weighted by Crippen LogP contribution is -1.99. The van der Waals surface area contributed by atoms with Crippen molar-refractivity contribution in [2.24, 2.45) is 0 Å². The van der Waals surface area contributed by atoms with E-state index in [0.717, 1.165) is 17.8 Å². The molecule has 1 aliphatic rings. The van der Waals surface area contributed by atoms with Gasteiger partial charge in [0.2, 0.25) is 0 Å².